The normalized spacial score (nSPS) is 25.3. The lowest BCUT2D eigenvalue weighted by Gasteiger charge is -2.21. The van der Waals surface area contributed by atoms with E-state index in [1.54, 1.807) is 36.2 Å². The standard InChI is InChI=1S/C18H16ClNO4/c1-20-16-5-3-2-4-15(16)18(17(20)21)23-11-14(24-18)10-22-13-8-6-12(19)7-9-13/h2-9,14H,10-11H2,1H3/t14-,18+/m0/s1. The molecular weight excluding hydrogens is 330 g/mol. The molecule has 124 valence electrons. The Kier molecular flexibility index (Phi) is 3.72. The minimum Gasteiger partial charge on any atom is -0.491 e. The number of hydrogen-bond donors (Lipinski definition) is 0. The molecule has 2 heterocycles. The minimum atomic E-state index is -1.35. The van der Waals surface area contributed by atoms with E-state index in [4.69, 9.17) is 25.8 Å². The van der Waals surface area contributed by atoms with Gasteiger partial charge in [-0.25, -0.2) is 0 Å². The lowest BCUT2D eigenvalue weighted by molar-refractivity contribution is -0.187. The van der Waals surface area contributed by atoms with Crippen molar-refractivity contribution in [1.29, 1.82) is 0 Å². The van der Waals surface area contributed by atoms with E-state index in [-0.39, 0.29) is 12.0 Å². The van der Waals surface area contributed by atoms with Gasteiger partial charge in [-0.2, -0.15) is 0 Å². The number of amides is 1. The van der Waals surface area contributed by atoms with Crippen molar-refractivity contribution >= 4 is 23.2 Å². The molecule has 0 radical (unpaired) electrons. The molecule has 0 bridgehead atoms. The maximum Gasteiger partial charge on any atom is 0.292 e. The summed E-state index contributed by atoms with van der Waals surface area (Å²) in [5.41, 5.74) is 1.55. The minimum absolute atomic E-state index is 0.210. The van der Waals surface area contributed by atoms with Crippen LogP contribution >= 0.6 is 11.6 Å². The van der Waals surface area contributed by atoms with Crippen molar-refractivity contribution in [2.24, 2.45) is 0 Å². The van der Waals surface area contributed by atoms with E-state index < -0.39 is 5.79 Å². The largest absolute Gasteiger partial charge is 0.491 e. The molecule has 2 atom stereocenters. The zero-order chi connectivity index (χ0) is 16.7. The van der Waals surface area contributed by atoms with Crippen molar-refractivity contribution < 1.29 is 19.0 Å². The highest BCUT2D eigenvalue weighted by molar-refractivity contribution is 6.30. The van der Waals surface area contributed by atoms with Gasteiger partial charge in [-0.3, -0.25) is 4.79 Å². The SMILES string of the molecule is CN1C(=O)[C@@]2(OC[C@H](COc3ccc(Cl)cc3)O2)c2ccccc21. The summed E-state index contributed by atoms with van der Waals surface area (Å²) in [7, 11) is 1.72. The van der Waals surface area contributed by atoms with Crippen molar-refractivity contribution in [1.82, 2.24) is 0 Å². The molecule has 1 spiro atoms. The number of ether oxygens (including phenoxy) is 3. The van der Waals surface area contributed by atoms with E-state index in [1.807, 2.05) is 24.3 Å². The van der Waals surface area contributed by atoms with E-state index >= 15 is 0 Å². The second kappa shape index (κ2) is 5.77. The molecule has 0 unspecified atom stereocenters. The van der Waals surface area contributed by atoms with E-state index in [0.29, 0.717) is 24.0 Å². The third-order valence-corrected chi connectivity index (χ3v) is 4.51. The highest BCUT2D eigenvalue weighted by atomic mass is 35.5. The molecule has 1 amide bonds. The first kappa shape index (κ1) is 15.4. The molecule has 0 aliphatic carbocycles. The maximum atomic E-state index is 12.7. The van der Waals surface area contributed by atoms with E-state index in [2.05, 4.69) is 0 Å². The summed E-state index contributed by atoms with van der Waals surface area (Å²) in [4.78, 5) is 14.2. The summed E-state index contributed by atoms with van der Waals surface area (Å²) in [5.74, 6) is -0.865. The summed E-state index contributed by atoms with van der Waals surface area (Å²) in [6, 6.07) is 14.6. The Morgan fingerprint density at radius 3 is 2.79 bits per heavy atom. The molecule has 24 heavy (non-hydrogen) atoms. The highest BCUT2D eigenvalue weighted by Gasteiger charge is 2.57. The molecule has 5 nitrogen and oxygen atoms in total. The summed E-state index contributed by atoms with van der Waals surface area (Å²) >= 11 is 5.86. The van der Waals surface area contributed by atoms with Gasteiger partial charge >= 0.3 is 0 Å². The summed E-state index contributed by atoms with van der Waals surface area (Å²) < 4.78 is 17.5. The second-order valence-electron chi connectivity index (χ2n) is 5.81. The fourth-order valence-corrected chi connectivity index (χ4v) is 3.18. The monoisotopic (exact) mass is 345 g/mol. The number of para-hydroxylation sites is 1. The van der Waals surface area contributed by atoms with Crippen molar-refractivity contribution in [3.63, 3.8) is 0 Å². The van der Waals surface area contributed by atoms with E-state index in [1.165, 1.54) is 0 Å². The number of halogens is 1. The van der Waals surface area contributed by atoms with E-state index in [0.717, 1.165) is 11.3 Å². The molecule has 2 aromatic carbocycles. The Morgan fingerprint density at radius 2 is 2.00 bits per heavy atom. The molecule has 0 saturated carbocycles. The van der Waals surface area contributed by atoms with Crippen LogP contribution in [0.5, 0.6) is 5.75 Å². The number of fused-ring (bicyclic) bond motifs is 2. The summed E-state index contributed by atoms with van der Waals surface area (Å²) in [6.07, 6.45) is -0.329. The molecule has 4 rings (SSSR count). The van der Waals surface area contributed by atoms with Crippen LogP contribution in [-0.2, 0) is 20.1 Å². The molecule has 0 aromatic heterocycles. The lowest BCUT2D eigenvalue weighted by Crippen LogP contribution is -2.40. The van der Waals surface area contributed by atoms with Crippen molar-refractivity contribution in [2.45, 2.75) is 11.9 Å². The van der Waals surface area contributed by atoms with Gasteiger partial charge in [0, 0.05) is 17.6 Å². The quantitative estimate of drug-likeness (QED) is 0.858. The first-order valence-electron chi connectivity index (χ1n) is 7.68. The Balaban J connectivity index is 1.50. The van der Waals surface area contributed by atoms with Crippen LogP contribution in [0, 0.1) is 0 Å². The summed E-state index contributed by atoms with van der Waals surface area (Å²) in [6.45, 7) is 0.587. The van der Waals surface area contributed by atoms with Crippen LogP contribution in [0.15, 0.2) is 48.5 Å². The van der Waals surface area contributed by atoms with Gasteiger partial charge in [-0.1, -0.05) is 29.8 Å². The van der Waals surface area contributed by atoms with Crippen LogP contribution in [0.4, 0.5) is 5.69 Å². The number of benzene rings is 2. The number of likely N-dealkylation sites (N-methyl/N-ethyl adjacent to an activating group) is 1. The first-order chi connectivity index (χ1) is 11.6. The fourth-order valence-electron chi connectivity index (χ4n) is 3.06. The Bertz CT molecular complexity index is 779. The second-order valence-corrected chi connectivity index (χ2v) is 6.25. The van der Waals surface area contributed by atoms with Crippen LogP contribution in [0.1, 0.15) is 5.56 Å². The molecule has 6 heteroatoms. The first-order valence-corrected chi connectivity index (χ1v) is 8.06. The number of carbonyl (C=O) groups excluding carboxylic acids is 1. The Hall–Kier alpha value is -2.08. The summed E-state index contributed by atoms with van der Waals surface area (Å²) in [5, 5.41) is 0.651. The Labute approximate surface area is 144 Å². The predicted molar refractivity (Wildman–Crippen MR) is 89.3 cm³/mol. The van der Waals surface area contributed by atoms with Crippen LogP contribution in [0.2, 0.25) is 5.02 Å². The van der Waals surface area contributed by atoms with Crippen LogP contribution < -0.4 is 9.64 Å². The van der Waals surface area contributed by atoms with Gasteiger partial charge in [-0.15, -0.1) is 0 Å². The van der Waals surface area contributed by atoms with Crippen LogP contribution in [0.3, 0.4) is 0 Å². The third kappa shape index (κ3) is 2.36. The number of anilines is 1. The van der Waals surface area contributed by atoms with Crippen LogP contribution in [0.25, 0.3) is 0 Å². The average molecular weight is 346 g/mol. The molecule has 2 aliphatic rings. The van der Waals surface area contributed by atoms with Crippen molar-refractivity contribution in [2.75, 3.05) is 25.2 Å². The predicted octanol–water partition coefficient (Wildman–Crippen LogP) is 2.96. The molecular formula is C18H16ClNO4. The average Bonchev–Trinajstić information content (AvgIpc) is 3.12. The highest BCUT2D eigenvalue weighted by Crippen LogP contribution is 2.46. The van der Waals surface area contributed by atoms with Gasteiger partial charge in [0.15, 0.2) is 0 Å². The van der Waals surface area contributed by atoms with Crippen LogP contribution in [-0.4, -0.2) is 32.3 Å². The van der Waals surface area contributed by atoms with Crippen molar-refractivity contribution in [3.05, 3.63) is 59.1 Å². The number of nitrogens with zero attached hydrogens (tertiary/aromatic N) is 1. The number of hydrogen-bond acceptors (Lipinski definition) is 4. The molecule has 0 N–H and O–H groups in total. The lowest BCUT2D eigenvalue weighted by atomic mass is 10.1. The molecule has 1 fully saturated rings. The zero-order valence-electron chi connectivity index (χ0n) is 13.1. The number of rotatable bonds is 3. The fraction of sp³-hybridized carbons (Fsp3) is 0.278. The van der Waals surface area contributed by atoms with Gasteiger partial charge in [-0.05, 0) is 30.3 Å². The molecule has 1 saturated heterocycles. The third-order valence-electron chi connectivity index (χ3n) is 4.26. The van der Waals surface area contributed by atoms with Crippen molar-refractivity contribution in [3.8, 4) is 5.75 Å². The molecule has 2 aliphatic heterocycles. The maximum absolute atomic E-state index is 12.7. The molecule has 2 aromatic rings. The zero-order valence-corrected chi connectivity index (χ0v) is 13.8. The van der Waals surface area contributed by atoms with Gasteiger partial charge in [0.25, 0.3) is 11.7 Å². The smallest absolute Gasteiger partial charge is 0.292 e. The van der Waals surface area contributed by atoms with Gasteiger partial charge in [0.1, 0.15) is 18.5 Å². The Morgan fingerprint density at radius 1 is 1.25 bits per heavy atom. The van der Waals surface area contributed by atoms with Gasteiger partial charge in [0.05, 0.1) is 12.3 Å². The van der Waals surface area contributed by atoms with Gasteiger partial charge < -0.3 is 19.1 Å². The van der Waals surface area contributed by atoms with E-state index in [9.17, 15) is 4.79 Å². The topological polar surface area (TPSA) is 48.0 Å². The van der Waals surface area contributed by atoms with Gasteiger partial charge in [0.2, 0.25) is 0 Å². The number of carbonyl (C=O) groups is 1.